The van der Waals surface area contributed by atoms with E-state index in [2.05, 4.69) is 10.3 Å². The van der Waals surface area contributed by atoms with Gasteiger partial charge in [-0.05, 0) is 13.8 Å². The van der Waals surface area contributed by atoms with E-state index in [1.54, 1.807) is 10.8 Å². The van der Waals surface area contributed by atoms with Crippen molar-refractivity contribution in [3.63, 3.8) is 0 Å². The van der Waals surface area contributed by atoms with Crippen molar-refractivity contribution in [3.05, 3.63) is 22.7 Å². The first-order valence-electron chi connectivity index (χ1n) is 5.16. The van der Waals surface area contributed by atoms with Crippen LogP contribution in [0.1, 0.15) is 19.9 Å². The minimum atomic E-state index is -0.895. The van der Waals surface area contributed by atoms with Gasteiger partial charge in [0, 0.05) is 25.0 Å². The molecule has 0 aliphatic heterocycles. The summed E-state index contributed by atoms with van der Waals surface area (Å²) in [6.45, 7) is 3.54. The second kappa shape index (κ2) is 5.62. The Bertz CT molecular complexity index is 389. The molecule has 0 aliphatic rings. The molecule has 90 valence electrons. The molecule has 0 spiro atoms. The van der Waals surface area contributed by atoms with Crippen LogP contribution in [0, 0.1) is 0 Å². The fraction of sp³-hybridized carbons (Fsp3) is 0.600. The summed E-state index contributed by atoms with van der Waals surface area (Å²) >= 11 is 0. The lowest BCUT2D eigenvalue weighted by Crippen LogP contribution is -2.30. The highest BCUT2D eigenvalue weighted by molar-refractivity contribution is 5.30. The van der Waals surface area contributed by atoms with E-state index in [1.807, 2.05) is 13.8 Å². The van der Waals surface area contributed by atoms with Crippen molar-refractivity contribution in [3.8, 4) is 0 Å². The number of anilines is 1. The second-order valence-electron chi connectivity index (χ2n) is 3.80. The summed E-state index contributed by atoms with van der Waals surface area (Å²) in [4.78, 5) is 15.7. The Morgan fingerprint density at radius 2 is 2.25 bits per heavy atom. The van der Waals surface area contributed by atoms with Crippen LogP contribution in [0.3, 0.4) is 0 Å². The van der Waals surface area contributed by atoms with E-state index >= 15 is 0 Å². The largest absolute Gasteiger partial charge is 0.394 e. The van der Waals surface area contributed by atoms with Crippen molar-refractivity contribution in [1.82, 2.24) is 9.55 Å². The lowest BCUT2D eigenvalue weighted by molar-refractivity contribution is 0.105. The van der Waals surface area contributed by atoms with E-state index in [1.165, 1.54) is 6.20 Å². The third-order valence-electron chi connectivity index (χ3n) is 2.14. The normalized spacial score (nSPS) is 12.8. The Hall–Kier alpha value is -1.40. The van der Waals surface area contributed by atoms with Crippen LogP contribution in [0.2, 0.25) is 0 Å². The van der Waals surface area contributed by atoms with Crippen LogP contribution in [0.25, 0.3) is 0 Å². The zero-order valence-corrected chi connectivity index (χ0v) is 9.42. The first-order chi connectivity index (χ1) is 7.56. The molecule has 0 aromatic carbocycles. The van der Waals surface area contributed by atoms with Crippen LogP contribution in [-0.4, -0.2) is 39.0 Å². The van der Waals surface area contributed by atoms with Gasteiger partial charge in [0.1, 0.15) is 0 Å². The highest BCUT2D eigenvalue weighted by Gasteiger charge is 2.08. The van der Waals surface area contributed by atoms with Gasteiger partial charge in [0.2, 0.25) is 0 Å². The van der Waals surface area contributed by atoms with Gasteiger partial charge in [0.05, 0.1) is 12.7 Å². The molecular weight excluding hydrogens is 210 g/mol. The predicted molar refractivity (Wildman–Crippen MR) is 60.5 cm³/mol. The Kier molecular flexibility index (Phi) is 4.45. The van der Waals surface area contributed by atoms with Crippen LogP contribution < -0.4 is 10.9 Å². The predicted octanol–water partition coefficient (Wildman–Crippen LogP) is -0.411. The van der Waals surface area contributed by atoms with Crippen LogP contribution in [0.5, 0.6) is 0 Å². The minimum absolute atomic E-state index is 0.0545. The molecule has 0 saturated carbocycles. The highest BCUT2D eigenvalue weighted by atomic mass is 16.3. The van der Waals surface area contributed by atoms with Gasteiger partial charge >= 0.3 is 0 Å². The zero-order chi connectivity index (χ0) is 12.1. The molecule has 3 N–H and O–H groups in total. The number of rotatable bonds is 5. The molecule has 1 unspecified atom stereocenters. The highest BCUT2D eigenvalue weighted by Crippen LogP contribution is 2.01. The average molecular weight is 227 g/mol. The van der Waals surface area contributed by atoms with Gasteiger partial charge in [-0.1, -0.05) is 0 Å². The summed E-state index contributed by atoms with van der Waals surface area (Å²) in [5.41, 5.74) is -0.234. The smallest absolute Gasteiger partial charge is 0.293 e. The lowest BCUT2D eigenvalue weighted by atomic mass is 10.3. The monoisotopic (exact) mass is 227 g/mol. The number of aliphatic hydroxyl groups excluding tert-OH is 2. The first kappa shape index (κ1) is 12.7. The summed E-state index contributed by atoms with van der Waals surface area (Å²) in [6.07, 6.45) is 2.24. The van der Waals surface area contributed by atoms with Crippen molar-refractivity contribution >= 4 is 5.82 Å². The lowest BCUT2D eigenvalue weighted by Gasteiger charge is -2.12. The second-order valence-corrected chi connectivity index (χ2v) is 3.80. The molecule has 0 aliphatic carbocycles. The Morgan fingerprint density at radius 1 is 1.56 bits per heavy atom. The molecule has 0 fully saturated rings. The first-order valence-corrected chi connectivity index (χ1v) is 5.16. The molecule has 0 radical (unpaired) electrons. The maximum Gasteiger partial charge on any atom is 0.293 e. The van der Waals surface area contributed by atoms with Gasteiger partial charge in [-0.3, -0.25) is 4.79 Å². The summed E-state index contributed by atoms with van der Waals surface area (Å²) in [6, 6.07) is 0.0545. The summed E-state index contributed by atoms with van der Waals surface area (Å²) in [5.74, 6) is 0.184. The third kappa shape index (κ3) is 3.04. The fourth-order valence-corrected chi connectivity index (χ4v) is 1.23. The van der Waals surface area contributed by atoms with E-state index in [0.29, 0.717) is 0 Å². The van der Waals surface area contributed by atoms with E-state index in [0.717, 1.165) is 0 Å². The molecule has 1 rings (SSSR count). The molecule has 1 aromatic heterocycles. The number of nitrogens with zero attached hydrogens (tertiary/aromatic N) is 2. The van der Waals surface area contributed by atoms with Gasteiger partial charge < -0.3 is 20.1 Å². The van der Waals surface area contributed by atoms with Gasteiger partial charge in [-0.25, -0.2) is 4.98 Å². The molecule has 1 heterocycles. The van der Waals surface area contributed by atoms with E-state index in [4.69, 9.17) is 10.2 Å². The van der Waals surface area contributed by atoms with Gasteiger partial charge in [0.25, 0.3) is 5.56 Å². The number of aliphatic hydroxyl groups is 2. The quantitative estimate of drug-likeness (QED) is 0.636. The van der Waals surface area contributed by atoms with Gasteiger partial charge in [-0.2, -0.15) is 0 Å². The minimum Gasteiger partial charge on any atom is -0.394 e. The van der Waals surface area contributed by atoms with Crippen molar-refractivity contribution in [2.45, 2.75) is 26.0 Å². The third-order valence-corrected chi connectivity index (χ3v) is 2.14. The molecule has 1 atom stereocenters. The molecule has 0 amide bonds. The van der Waals surface area contributed by atoms with Crippen molar-refractivity contribution < 1.29 is 10.2 Å². The molecule has 1 aromatic rings. The summed E-state index contributed by atoms with van der Waals surface area (Å²) in [5, 5.41) is 20.5. The van der Waals surface area contributed by atoms with E-state index in [-0.39, 0.29) is 30.6 Å². The van der Waals surface area contributed by atoms with Crippen molar-refractivity contribution in [2.24, 2.45) is 0 Å². The standard InChI is InChI=1S/C10H17N3O3/c1-7(2)13-4-3-11-9(10(13)16)12-5-8(15)6-14/h3-4,7-8,14-15H,5-6H2,1-2H3,(H,11,12). The van der Waals surface area contributed by atoms with Crippen LogP contribution in [0.15, 0.2) is 17.2 Å². The maximum atomic E-state index is 11.8. The van der Waals surface area contributed by atoms with Crippen LogP contribution in [-0.2, 0) is 0 Å². The number of nitrogens with one attached hydrogen (secondary N) is 1. The Labute approximate surface area is 93.6 Å². The maximum absolute atomic E-state index is 11.8. The zero-order valence-electron chi connectivity index (χ0n) is 9.42. The molecule has 0 saturated heterocycles. The molecule has 6 nitrogen and oxygen atoms in total. The van der Waals surface area contributed by atoms with Crippen LogP contribution >= 0.6 is 0 Å². The number of hydrogen-bond acceptors (Lipinski definition) is 5. The van der Waals surface area contributed by atoms with E-state index < -0.39 is 6.10 Å². The Morgan fingerprint density at radius 3 is 2.81 bits per heavy atom. The van der Waals surface area contributed by atoms with Crippen LogP contribution in [0.4, 0.5) is 5.82 Å². The van der Waals surface area contributed by atoms with Gasteiger partial charge in [-0.15, -0.1) is 0 Å². The van der Waals surface area contributed by atoms with Crippen molar-refractivity contribution in [2.75, 3.05) is 18.5 Å². The molecule has 0 bridgehead atoms. The van der Waals surface area contributed by atoms with Crippen molar-refractivity contribution in [1.29, 1.82) is 0 Å². The SMILES string of the molecule is CC(C)n1ccnc(NCC(O)CO)c1=O. The molecule has 16 heavy (non-hydrogen) atoms. The summed E-state index contributed by atoms with van der Waals surface area (Å²) < 4.78 is 1.54. The number of hydrogen-bond donors (Lipinski definition) is 3. The Balaban J connectivity index is 2.82. The van der Waals surface area contributed by atoms with E-state index in [9.17, 15) is 4.79 Å². The average Bonchev–Trinajstić information content (AvgIpc) is 2.26. The molecule has 6 heteroatoms. The topological polar surface area (TPSA) is 87.4 Å². The fourth-order valence-electron chi connectivity index (χ4n) is 1.23. The number of aromatic nitrogens is 2. The van der Waals surface area contributed by atoms with Gasteiger partial charge in [0.15, 0.2) is 5.82 Å². The summed E-state index contributed by atoms with van der Waals surface area (Å²) in [7, 11) is 0. The molecular formula is C10H17N3O3.